The van der Waals surface area contributed by atoms with Gasteiger partial charge in [0.2, 0.25) is 0 Å². The van der Waals surface area contributed by atoms with Crippen molar-refractivity contribution in [2.24, 2.45) is 5.92 Å². The number of hydrogen-bond donors (Lipinski definition) is 1. The van der Waals surface area contributed by atoms with Crippen molar-refractivity contribution in [2.45, 2.75) is 31.3 Å². The first-order valence-corrected chi connectivity index (χ1v) is 6.61. The van der Waals surface area contributed by atoms with Crippen molar-refractivity contribution in [1.82, 2.24) is 10.2 Å². The molecule has 0 aromatic carbocycles. The van der Waals surface area contributed by atoms with Gasteiger partial charge in [0.25, 0.3) is 0 Å². The summed E-state index contributed by atoms with van der Waals surface area (Å²) in [5, 5.41) is 16.9. The number of carbonyl (C=O) groups is 1. The smallest absolute Gasteiger partial charge is 0.416 e. The van der Waals surface area contributed by atoms with Crippen molar-refractivity contribution in [1.29, 1.82) is 0 Å². The zero-order chi connectivity index (χ0) is 13.3. The fraction of sp³-hybridized carbons (Fsp3) is 0.615. The van der Waals surface area contributed by atoms with Gasteiger partial charge in [0.05, 0.1) is 6.54 Å². The van der Waals surface area contributed by atoms with Crippen LogP contribution in [0.5, 0.6) is 0 Å². The summed E-state index contributed by atoms with van der Waals surface area (Å²) in [6.07, 6.45) is 4.65. The molecule has 6 heteroatoms. The Morgan fingerprint density at radius 1 is 1.47 bits per heavy atom. The average Bonchev–Trinajstić information content (AvgIpc) is 2.77. The third-order valence-corrected chi connectivity index (χ3v) is 4.08. The molecule has 1 amide bonds. The first-order chi connectivity index (χ1) is 9.22. The van der Waals surface area contributed by atoms with Gasteiger partial charge in [0.1, 0.15) is 5.60 Å². The molecule has 2 aliphatic rings. The van der Waals surface area contributed by atoms with Gasteiger partial charge in [-0.15, -0.1) is 5.10 Å². The highest BCUT2D eigenvalue weighted by Gasteiger charge is 2.47. The fourth-order valence-electron chi connectivity index (χ4n) is 2.88. The Bertz CT molecular complexity index is 457. The Kier molecular flexibility index (Phi) is 3.10. The highest BCUT2D eigenvalue weighted by atomic mass is 16.6. The molecule has 1 spiro atoms. The summed E-state index contributed by atoms with van der Waals surface area (Å²) in [5.74, 6) is 0.878. The summed E-state index contributed by atoms with van der Waals surface area (Å²) in [5.41, 5.74) is -0.403. The largest absolute Gasteiger partial charge is 0.441 e. The minimum Gasteiger partial charge on any atom is -0.441 e. The third-order valence-electron chi connectivity index (χ3n) is 4.08. The number of aliphatic hydroxyl groups is 1. The lowest BCUT2D eigenvalue weighted by molar-refractivity contribution is 0.00557. The molecule has 1 aliphatic carbocycles. The van der Waals surface area contributed by atoms with Crippen LogP contribution in [0.25, 0.3) is 0 Å². The summed E-state index contributed by atoms with van der Waals surface area (Å²) in [6.45, 7) is 0.751. The van der Waals surface area contributed by atoms with Gasteiger partial charge in [-0.2, -0.15) is 5.10 Å². The number of amides is 1. The minimum absolute atomic E-state index is 0.220. The fourth-order valence-corrected chi connectivity index (χ4v) is 2.88. The predicted octanol–water partition coefficient (Wildman–Crippen LogP) is 1.35. The summed E-state index contributed by atoms with van der Waals surface area (Å²) in [6, 6.07) is 3.51. The molecular weight excluding hydrogens is 246 g/mol. The molecule has 0 bridgehead atoms. The standard InChI is InChI=1S/C13H17N3O3/c17-8-10-3-5-13(6-4-10)9-16(12(18)19-13)11-2-1-7-14-15-11/h1-2,7,10,17H,3-6,8-9H2/t10-,13-. The van der Waals surface area contributed by atoms with Crippen LogP contribution in [0.15, 0.2) is 18.3 Å². The van der Waals surface area contributed by atoms with E-state index in [0.29, 0.717) is 18.3 Å². The van der Waals surface area contributed by atoms with Crippen LogP contribution in [0.3, 0.4) is 0 Å². The van der Waals surface area contributed by atoms with E-state index >= 15 is 0 Å². The lowest BCUT2D eigenvalue weighted by atomic mass is 9.79. The first-order valence-electron chi connectivity index (χ1n) is 6.61. The Balaban J connectivity index is 1.74. The van der Waals surface area contributed by atoms with Crippen LogP contribution < -0.4 is 4.90 Å². The Morgan fingerprint density at radius 3 is 2.89 bits per heavy atom. The molecule has 2 heterocycles. The average molecular weight is 263 g/mol. The molecule has 1 aromatic heterocycles. The molecule has 1 saturated heterocycles. The van der Waals surface area contributed by atoms with E-state index in [2.05, 4.69) is 10.2 Å². The minimum atomic E-state index is -0.403. The molecule has 2 fully saturated rings. The molecule has 3 rings (SSSR count). The van der Waals surface area contributed by atoms with Crippen molar-refractivity contribution in [3.63, 3.8) is 0 Å². The van der Waals surface area contributed by atoms with Crippen LogP contribution in [0.1, 0.15) is 25.7 Å². The second-order valence-electron chi connectivity index (χ2n) is 5.34. The number of anilines is 1. The van der Waals surface area contributed by atoms with Crippen LogP contribution in [0.2, 0.25) is 0 Å². The highest BCUT2D eigenvalue weighted by molar-refractivity contribution is 5.89. The number of nitrogens with zero attached hydrogens (tertiary/aromatic N) is 3. The van der Waals surface area contributed by atoms with E-state index in [9.17, 15) is 4.79 Å². The molecule has 0 atom stereocenters. The maximum atomic E-state index is 12.0. The van der Waals surface area contributed by atoms with Crippen molar-refractivity contribution < 1.29 is 14.6 Å². The van der Waals surface area contributed by atoms with E-state index in [1.165, 1.54) is 0 Å². The molecule has 0 unspecified atom stereocenters. The van der Waals surface area contributed by atoms with Crippen molar-refractivity contribution in [2.75, 3.05) is 18.1 Å². The molecule has 1 aromatic rings. The van der Waals surface area contributed by atoms with E-state index in [0.717, 1.165) is 25.7 Å². The van der Waals surface area contributed by atoms with Crippen LogP contribution in [0.4, 0.5) is 10.6 Å². The van der Waals surface area contributed by atoms with Crippen LogP contribution in [-0.2, 0) is 4.74 Å². The number of carbonyl (C=O) groups excluding carboxylic acids is 1. The second kappa shape index (κ2) is 4.77. The van der Waals surface area contributed by atoms with Crippen molar-refractivity contribution in [3.8, 4) is 0 Å². The summed E-state index contributed by atoms with van der Waals surface area (Å²) < 4.78 is 5.59. The Hall–Kier alpha value is -1.69. The van der Waals surface area contributed by atoms with Gasteiger partial charge < -0.3 is 9.84 Å². The number of aliphatic hydroxyl groups excluding tert-OH is 1. The zero-order valence-corrected chi connectivity index (χ0v) is 10.7. The first kappa shape index (κ1) is 12.3. The molecule has 1 aliphatic heterocycles. The number of ether oxygens (including phenoxy) is 1. The van der Waals surface area contributed by atoms with E-state index in [1.807, 2.05) is 0 Å². The maximum absolute atomic E-state index is 12.0. The van der Waals surface area contributed by atoms with Crippen molar-refractivity contribution in [3.05, 3.63) is 18.3 Å². The molecule has 0 radical (unpaired) electrons. The third kappa shape index (κ3) is 2.28. The van der Waals surface area contributed by atoms with Crippen LogP contribution in [-0.4, -0.2) is 40.1 Å². The monoisotopic (exact) mass is 263 g/mol. The van der Waals surface area contributed by atoms with Gasteiger partial charge in [0.15, 0.2) is 5.82 Å². The molecular formula is C13H17N3O3. The lowest BCUT2D eigenvalue weighted by Gasteiger charge is -2.34. The lowest BCUT2D eigenvalue weighted by Crippen LogP contribution is -2.39. The Labute approximate surface area is 111 Å². The SMILES string of the molecule is O=C1O[C@]2(CC[C@H](CO)CC2)CN1c1cccnn1. The molecule has 1 saturated carbocycles. The zero-order valence-electron chi connectivity index (χ0n) is 10.7. The predicted molar refractivity (Wildman–Crippen MR) is 67.6 cm³/mol. The van der Waals surface area contributed by atoms with E-state index in [-0.39, 0.29) is 12.7 Å². The normalized spacial score (nSPS) is 30.7. The second-order valence-corrected chi connectivity index (χ2v) is 5.34. The number of aromatic nitrogens is 2. The van der Waals surface area contributed by atoms with Crippen LogP contribution in [0, 0.1) is 5.92 Å². The molecule has 19 heavy (non-hydrogen) atoms. The van der Waals surface area contributed by atoms with E-state index < -0.39 is 5.60 Å². The number of rotatable bonds is 2. The highest BCUT2D eigenvalue weighted by Crippen LogP contribution is 2.40. The topological polar surface area (TPSA) is 75.6 Å². The van der Waals surface area contributed by atoms with Gasteiger partial charge >= 0.3 is 6.09 Å². The van der Waals surface area contributed by atoms with Gasteiger partial charge in [-0.1, -0.05) is 0 Å². The Morgan fingerprint density at radius 2 is 2.26 bits per heavy atom. The van der Waals surface area contributed by atoms with Gasteiger partial charge in [-0.05, 0) is 43.7 Å². The van der Waals surface area contributed by atoms with E-state index in [1.54, 1.807) is 23.2 Å². The summed E-state index contributed by atoms with van der Waals surface area (Å²) in [4.78, 5) is 13.5. The maximum Gasteiger partial charge on any atom is 0.416 e. The summed E-state index contributed by atoms with van der Waals surface area (Å²) in [7, 11) is 0. The van der Waals surface area contributed by atoms with Crippen molar-refractivity contribution >= 4 is 11.9 Å². The van der Waals surface area contributed by atoms with Gasteiger partial charge in [-0.3, -0.25) is 4.90 Å². The molecule has 1 N–H and O–H groups in total. The quantitative estimate of drug-likeness (QED) is 0.871. The van der Waals surface area contributed by atoms with Gasteiger partial charge in [0, 0.05) is 12.8 Å². The van der Waals surface area contributed by atoms with Crippen LogP contribution >= 0.6 is 0 Å². The van der Waals surface area contributed by atoms with E-state index in [4.69, 9.17) is 9.84 Å². The summed E-state index contributed by atoms with van der Waals surface area (Å²) >= 11 is 0. The number of hydrogen-bond acceptors (Lipinski definition) is 5. The van der Waals surface area contributed by atoms with Gasteiger partial charge in [-0.25, -0.2) is 4.79 Å². The molecule has 6 nitrogen and oxygen atoms in total. The molecule has 102 valence electrons.